The fourth-order valence-corrected chi connectivity index (χ4v) is 4.29. The van der Waals surface area contributed by atoms with Crippen molar-refractivity contribution in [2.24, 2.45) is 0 Å². The molecule has 156 valence electrons. The number of aliphatic hydroxyl groups is 1. The van der Waals surface area contributed by atoms with E-state index >= 15 is 0 Å². The minimum absolute atomic E-state index is 0. The SMILES string of the molecule is Cl.OC(COc1c(F)cc(Br)cc1F)Cn1c(C2CCCC2)nc2ccccc21. The van der Waals surface area contributed by atoms with E-state index in [1.807, 2.05) is 28.8 Å². The number of imidazole rings is 1. The molecular formula is C21H22BrClF2N2O2. The van der Waals surface area contributed by atoms with Crippen LogP contribution in [0.2, 0.25) is 0 Å². The molecule has 4 nitrogen and oxygen atoms in total. The number of rotatable bonds is 6. The molecule has 2 aromatic carbocycles. The normalized spacial score (nSPS) is 15.4. The topological polar surface area (TPSA) is 47.3 Å². The van der Waals surface area contributed by atoms with E-state index in [0.29, 0.717) is 10.4 Å². The second-order valence-electron chi connectivity index (χ2n) is 7.21. The van der Waals surface area contributed by atoms with Crippen LogP contribution >= 0.6 is 28.3 Å². The summed E-state index contributed by atoms with van der Waals surface area (Å²) in [6.45, 7) is 0.0399. The number of hydrogen-bond donors (Lipinski definition) is 1. The van der Waals surface area contributed by atoms with Gasteiger partial charge in [-0.25, -0.2) is 13.8 Å². The van der Waals surface area contributed by atoms with Gasteiger partial charge in [-0.05, 0) is 37.1 Å². The van der Waals surface area contributed by atoms with Crippen molar-refractivity contribution in [3.8, 4) is 5.75 Å². The van der Waals surface area contributed by atoms with Crippen LogP contribution in [0, 0.1) is 11.6 Å². The second-order valence-corrected chi connectivity index (χ2v) is 8.13. The van der Waals surface area contributed by atoms with Crippen molar-refractivity contribution in [3.63, 3.8) is 0 Å². The lowest BCUT2D eigenvalue weighted by molar-refractivity contribution is 0.0882. The molecule has 1 saturated carbocycles. The van der Waals surface area contributed by atoms with Crippen LogP contribution in [0.4, 0.5) is 8.78 Å². The average Bonchev–Trinajstić information content (AvgIpc) is 3.29. The lowest BCUT2D eigenvalue weighted by atomic mass is 10.1. The highest BCUT2D eigenvalue weighted by atomic mass is 79.9. The predicted molar refractivity (Wildman–Crippen MR) is 114 cm³/mol. The van der Waals surface area contributed by atoms with Gasteiger partial charge in [-0.1, -0.05) is 40.9 Å². The molecule has 0 aliphatic heterocycles. The molecule has 4 rings (SSSR count). The maximum atomic E-state index is 13.9. The van der Waals surface area contributed by atoms with Gasteiger partial charge in [-0.3, -0.25) is 0 Å². The molecule has 0 saturated heterocycles. The molecule has 3 aromatic rings. The number of aromatic nitrogens is 2. The fraction of sp³-hybridized carbons (Fsp3) is 0.381. The van der Waals surface area contributed by atoms with Crippen molar-refractivity contribution in [1.29, 1.82) is 0 Å². The Labute approximate surface area is 182 Å². The van der Waals surface area contributed by atoms with Crippen LogP contribution in [0.5, 0.6) is 5.75 Å². The third kappa shape index (κ3) is 4.73. The standard InChI is InChI=1S/C21H21BrF2N2O2.ClH/c22-14-9-16(23)20(17(24)10-14)28-12-15(27)11-26-19-8-4-3-7-18(19)25-21(26)13-5-1-2-6-13;/h3-4,7-10,13,15,27H,1-2,5-6,11-12H2;1H. The number of fused-ring (bicyclic) bond motifs is 1. The quantitative estimate of drug-likeness (QED) is 0.493. The Kier molecular flexibility index (Phi) is 7.14. The van der Waals surface area contributed by atoms with E-state index in [1.54, 1.807) is 0 Å². The van der Waals surface area contributed by atoms with Crippen LogP contribution in [0.1, 0.15) is 37.4 Å². The number of ether oxygens (including phenoxy) is 1. The minimum Gasteiger partial charge on any atom is -0.485 e. The molecule has 0 radical (unpaired) electrons. The summed E-state index contributed by atoms with van der Waals surface area (Å²) in [7, 11) is 0. The molecule has 8 heteroatoms. The van der Waals surface area contributed by atoms with Crippen molar-refractivity contribution in [2.75, 3.05) is 6.61 Å². The van der Waals surface area contributed by atoms with Gasteiger partial charge >= 0.3 is 0 Å². The zero-order chi connectivity index (χ0) is 19.7. The van der Waals surface area contributed by atoms with Crippen molar-refractivity contribution in [1.82, 2.24) is 9.55 Å². The van der Waals surface area contributed by atoms with Crippen LogP contribution in [-0.2, 0) is 6.54 Å². The van der Waals surface area contributed by atoms with Crippen LogP contribution in [-0.4, -0.2) is 27.4 Å². The zero-order valence-electron chi connectivity index (χ0n) is 15.7. The van der Waals surface area contributed by atoms with Gasteiger partial charge in [0.25, 0.3) is 0 Å². The first kappa shape index (κ1) is 22.0. The molecule has 1 N–H and O–H groups in total. The average molecular weight is 488 g/mol. The summed E-state index contributed by atoms with van der Waals surface area (Å²) in [6.07, 6.45) is 3.61. The van der Waals surface area contributed by atoms with Crippen molar-refractivity contribution in [3.05, 3.63) is 58.3 Å². The van der Waals surface area contributed by atoms with E-state index in [9.17, 15) is 13.9 Å². The van der Waals surface area contributed by atoms with E-state index < -0.39 is 23.5 Å². The lowest BCUT2D eigenvalue weighted by Crippen LogP contribution is -2.25. The molecule has 29 heavy (non-hydrogen) atoms. The van der Waals surface area contributed by atoms with Crippen LogP contribution in [0.3, 0.4) is 0 Å². The van der Waals surface area contributed by atoms with Crippen molar-refractivity contribution in [2.45, 2.75) is 44.2 Å². The van der Waals surface area contributed by atoms with Gasteiger partial charge in [0.2, 0.25) is 0 Å². The highest BCUT2D eigenvalue weighted by molar-refractivity contribution is 9.10. The molecule has 0 spiro atoms. The minimum atomic E-state index is -0.930. The summed E-state index contributed by atoms with van der Waals surface area (Å²) in [4.78, 5) is 4.79. The van der Waals surface area contributed by atoms with Gasteiger partial charge in [0.15, 0.2) is 17.4 Å². The second kappa shape index (κ2) is 9.41. The van der Waals surface area contributed by atoms with E-state index in [2.05, 4.69) is 15.9 Å². The van der Waals surface area contributed by atoms with Crippen LogP contribution in [0.25, 0.3) is 11.0 Å². The van der Waals surface area contributed by atoms with Gasteiger partial charge in [-0.2, -0.15) is 0 Å². The van der Waals surface area contributed by atoms with E-state index in [1.165, 1.54) is 12.8 Å². The van der Waals surface area contributed by atoms with Gasteiger partial charge in [0, 0.05) is 10.4 Å². The smallest absolute Gasteiger partial charge is 0.190 e. The third-order valence-electron chi connectivity index (χ3n) is 5.18. The summed E-state index contributed by atoms with van der Waals surface area (Å²) in [5.41, 5.74) is 1.84. The van der Waals surface area contributed by atoms with Gasteiger partial charge < -0.3 is 14.4 Å². The third-order valence-corrected chi connectivity index (χ3v) is 5.64. The van der Waals surface area contributed by atoms with Crippen molar-refractivity contribution >= 4 is 39.4 Å². The van der Waals surface area contributed by atoms with Crippen LogP contribution in [0.15, 0.2) is 40.9 Å². The van der Waals surface area contributed by atoms with E-state index in [0.717, 1.165) is 41.8 Å². The Morgan fingerprint density at radius 1 is 1.17 bits per heavy atom. The highest BCUT2D eigenvalue weighted by Crippen LogP contribution is 2.35. The predicted octanol–water partition coefficient (Wildman–Crippen LogP) is 5.60. The molecule has 0 amide bonds. The largest absolute Gasteiger partial charge is 0.485 e. The Morgan fingerprint density at radius 2 is 1.83 bits per heavy atom. The summed E-state index contributed by atoms with van der Waals surface area (Å²) >= 11 is 3.03. The Hall–Kier alpha value is -1.70. The molecule has 1 fully saturated rings. The summed E-state index contributed by atoms with van der Waals surface area (Å²) in [5.74, 6) is -0.744. The molecule has 1 aliphatic rings. The van der Waals surface area contributed by atoms with Gasteiger partial charge in [0.05, 0.1) is 17.6 Å². The lowest BCUT2D eigenvalue weighted by Gasteiger charge is -2.18. The summed E-state index contributed by atoms with van der Waals surface area (Å²) < 4.78 is 35.4. The molecular weight excluding hydrogens is 466 g/mol. The first-order valence-corrected chi connectivity index (χ1v) is 10.2. The number of hydrogen-bond acceptors (Lipinski definition) is 3. The maximum absolute atomic E-state index is 13.9. The molecule has 1 aromatic heterocycles. The molecule has 1 unspecified atom stereocenters. The fourth-order valence-electron chi connectivity index (χ4n) is 3.89. The summed E-state index contributed by atoms with van der Waals surface area (Å²) in [6, 6.07) is 10.1. The number of benzene rings is 2. The number of aliphatic hydroxyl groups excluding tert-OH is 1. The first-order valence-electron chi connectivity index (χ1n) is 9.43. The molecule has 0 bridgehead atoms. The summed E-state index contributed by atoms with van der Waals surface area (Å²) in [5, 5.41) is 10.5. The Morgan fingerprint density at radius 3 is 2.52 bits per heavy atom. The van der Waals surface area contributed by atoms with Gasteiger partial charge in [0.1, 0.15) is 18.5 Å². The molecule has 1 aliphatic carbocycles. The Bertz CT molecular complexity index is 969. The molecule has 1 atom stereocenters. The van der Waals surface area contributed by atoms with Gasteiger partial charge in [-0.15, -0.1) is 12.4 Å². The maximum Gasteiger partial charge on any atom is 0.190 e. The number of halogens is 4. The highest BCUT2D eigenvalue weighted by Gasteiger charge is 2.25. The molecule has 1 heterocycles. The van der Waals surface area contributed by atoms with E-state index in [4.69, 9.17) is 9.72 Å². The number of para-hydroxylation sites is 2. The van der Waals surface area contributed by atoms with Crippen LogP contribution < -0.4 is 4.74 Å². The Balaban J connectivity index is 0.00000240. The zero-order valence-corrected chi connectivity index (χ0v) is 18.1. The first-order chi connectivity index (χ1) is 13.5. The van der Waals surface area contributed by atoms with E-state index in [-0.39, 0.29) is 25.6 Å². The van der Waals surface area contributed by atoms with Crippen molar-refractivity contribution < 1.29 is 18.6 Å². The monoisotopic (exact) mass is 486 g/mol. The number of nitrogens with zero attached hydrogens (tertiary/aromatic N) is 2.